The Balaban J connectivity index is 2.60. The highest BCUT2D eigenvalue weighted by atomic mass is 16.5. The van der Waals surface area contributed by atoms with Crippen molar-refractivity contribution in [2.45, 2.75) is 19.8 Å². The molecule has 0 amide bonds. The minimum atomic E-state index is -1.24. The van der Waals surface area contributed by atoms with Gasteiger partial charge in [0.05, 0.1) is 20.1 Å². The molecular formula is C9H12O5. The minimum absolute atomic E-state index is 0.0818. The monoisotopic (exact) mass is 200 g/mol. The van der Waals surface area contributed by atoms with Crippen molar-refractivity contribution in [2.75, 3.05) is 13.7 Å². The number of Topliss-reactive ketones (excluding diaryl/α,β-unsaturated/α-hetero) is 1. The Labute approximate surface area is 81.4 Å². The summed E-state index contributed by atoms with van der Waals surface area (Å²) in [4.78, 5) is 33.3. The minimum Gasteiger partial charge on any atom is -0.468 e. The Hall–Kier alpha value is -1.39. The molecule has 0 aromatic carbocycles. The molecule has 1 unspecified atom stereocenters. The zero-order chi connectivity index (χ0) is 10.8. The summed E-state index contributed by atoms with van der Waals surface area (Å²) in [7, 11) is 1.20. The third-order valence-corrected chi connectivity index (χ3v) is 2.20. The summed E-state index contributed by atoms with van der Waals surface area (Å²) in [5.41, 5.74) is -1.24. The topological polar surface area (TPSA) is 69.7 Å². The molecule has 1 atom stereocenters. The van der Waals surface area contributed by atoms with E-state index in [0.29, 0.717) is 0 Å². The molecule has 0 aromatic heterocycles. The highest BCUT2D eigenvalue weighted by Gasteiger charge is 2.62. The van der Waals surface area contributed by atoms with E-state index in [0.717, 1.165) is 0 Å². The van der Waals surface area contributed by atoms with Crippen LogP contribution in [0, 0.1) is 5.41 Å². The highest BCUT2D eigenvalue weighted by molar-refractivity contribution is 6.19. The van der Waals surface area contributed by atoms with Crippen LogP contribution in [0.2, 0.25) is 0 Å². The summed E-state index contributed by atoms with van der Waals surface area (Å²) in [6.45, 7) is 1.90. The average molecular weight is 200 g/mol. The van der Waals surface area contributed by atoms with Crippen molar-refractivity contribution < 1.29 is 23.9 Å². The van der Waals surface area contributed by atoms with E-state index >= 15 is 0 Å². The summed E-state index contributed by atoms with van der Waals surface area (Å²) in [6, 6.07) is 0. The van der Waals surface area contributed by atoms with Gasteiger partial charge >= 0.3 is 11.9 Å². The average Bonchev–Trinajstić information content (AvgIpc) is 2.77. The maximum Gasteiger partial charge on any atom is 0.320 e. The van der Waals surface area contributed by atoms with Gasteiger partial charge in [-0.3, -0.25) is 14.4 Å². The van der Waals surface area contributed by atoms with E-state index in [-0.39, 0.29) is 25.2 Å². The highest BCUT2D eigenvalue weighted by Crippen LogP contribution is 2.45. The second-order valence-electron chi connectivity index (χ2n) is 3.16. The SMILES string of the molecule is CCOC(=O)CC1(C(=O)OC)CC1=O. The molecule has 0 saturated heterocycles. The van der Waals surface area contributed by atoms with E-state index in [1.54, 1.807) is 6.92 Å². The van der Waals surface area contributed by atoms with E-state index < -0.39 is 17.4 Å². The van der Waals surface area contributed by atoms with Crippen molar-refractivity contribution in [1.82, 2.24) is 0 Å². The second-order valence-corrected chi connectivity index (χ2v) is 3.16. The number of methoxy groups -OCH3 is 1. The van der Waals surface area contributed by atoms with Crippen LogP contribution in [0.3, 0.4) is 0 Å². The van der Waals surface area contributed by atoms with Crippen LogP contribution in [-0.4, -0.2) is 31.4 Å². The van der Waals surface area contributed by atoms with E-state index in [9.17, 15) is 14.4 Å². The lowest BCUT2D eigenvalue weighted by atomic mass is 10.0. The van der Waals surface area contributed by atoms with Gasteiger partial charge in [0, 0.05) is 6.42 Å². The lowest BCUT2D eigenvalue weighted by Crippen LogP contribution is -2.24. The molecule has 1 rings (SSSR count). The molecule has 5 heteroatoms. The van der Waals surface area contributed by atoms with Crippen molar-refractivity contribution in [3.05, 3.63) is 0 Å². The molecule has 1 saturated carbocycles. The van der Waals surface area contributed by atoms with Gasteiger partial charge in [0.1, 0.15) is 5.41 Å². The molecule has 0 N–H and O–H groups in total. The Morgan fingerprint density at radius 2 is 2.07 bits per heavy atom. The number of rotatable bonds is 4. The first-order valence-electron chi connectivity index (χ1n) is 4.34. The smallest absolute Gasteiger partial charge is 0.320 e. The molecule has 0 aromatic rings. The van der Waals surface area contributed by atoms with E-state index in [2.05, 4.69) is 9.47 Å². The molecule has 5 nitrogen and oxygen atoms in total. The molecule has 0 aliphatic heterocycles. The van der Waals surface area contributed by atoms with Crippen molar-refractivity contribution in [1.29, 1.82) is 0 Å². The molecule has 0 spiro atoms. The molecule has 1 aliphatic carbocycles. The molecule has 1 fully saturated rings. The number of ether oxygens (including phenoxy) is 2. The molecule has 1 aliphatic rings. The number of ketones is 1. The van der Waals surface area contributed by atoms with Crippen LogP contribution in [0.15, 0.2) is 0 Å². The quantitative estimate of drug-likeness (QED) is 0.474. The first kappa shape index (κ1) is 10.7. The number of hydrogen-bond donors (Lipinski definition) is 0. The van der Waals surface area contributed by atoms with Crippen molar-refractivity contribution in [3.63, 3.8) is 0 Å². The molecule has 0 radical (unpaired) electrons. The van der Waals surface area contributed by atoms with Crippen LogP contribution < -0.4 is 0 Å². The Kier molecular flexibility index (Phi) is 2.88. The van der Waals surface area contributed by atoms with Gasteiger partial charge in [-0.05, 0) is 6.92 Å². The predicted octanol–water partition coefficient (Wildman–Crippen LogP) is 0.0718. The fourth-order valence-electron chi connectivity index (χ4n) is 1.30. The third-order valence-electron chi connectivity index (χ3n) is 2.20. The summed E-state index contributed by atoms with van der Waals surface area (Å²) in [6.07, 6.45) is -0.120. The van der Waals surface area contributed by atoms with E-state index in [1.807, 2.05) is 0 Å². The van der Waals surface area contributed by atoms with Gasteiger partial charge in [-0.2, -0.15) is 0 Å². The van der Waals surface area contributed by atoms with Crippen LogP contribution >= 0.6 is 0 Å². The predicted molar refractivity (Wildman–Crippen MR) is 45.3 cm³/mol. The normalized spacial score (nSPS) is 24.3. The van der Waals surface area contributed by atoms with Crippen LogP contribution in [0.1, 0.15) is 19.8 Å². The van der Waals surface area contributed by atoms with Gasteiger partial charge in [-0.15, -0.1) is 0 Å². The third kappa shape index (κ3) is 1.76. The van der Waals surface area contributed by atoms with Gasteiger partial charge in [0.25, 0.3) is 0 Å². The molecule has 14 heavy (non-hydrogen) atoms. The fraction of sp³-hybridized carbons (Fsp3) is 0.667. The number of esters is 2. The summed E-state index contributed by atoms with van der Waals surface area (Å²) < 4.78 is 9.12. The van der Waals surface area contributed by atoms with Crippen LogP contribution in [0.25, 0.3) is 0 Å². The van der Waals surface area contributed by atoms with Crippen molar-refractivity contribution >= 4 is 17.7 Å². The zero-order valence-electron chi connectivity index (χ0n) is 8.16. The van der Waals surface area contributed by atoms with E-state index in [4.69, 9.17) is 0 Å². The largest absolute Gasteiger partial charge is 0.468 e. The van der Waals surface area contributed by atoms with Crippen molar-refractivity contribution in [2.24, 2.45) is 5.41 Å². The maximum absolute atomic E-state index is 11.2. The van der Waals surface area contributed by atoms with Crippen LogP contribution in [-0.2, 0) is 23.9 Å². The Bertz CT molecular complexity index is 283. The second kappa shape index (κ2) is 3.77. The lowest BCUT2D eigenvalue weighted by molar-refractivity contribution is -0.155. The Morgan fingerprint density at radius 1 is 1.50 bits per heavy atom. The molecule has 0 bridgehead atoms. The summed E-state index contributed by atoms with van der Waals surface area (Å²) in [5.74, 6) is -1.43. The number of carbonyl (C=O) groups excluding carboxylic acids is 3. The first-order valence-corrected chi connectivity index (χ1v) is 4.34. The van der Waals surface area contributed by atoms with Gasteiger partial charge in [0.2, 0.25) is 0 Å². The van der Waals surface area contributed by atoms with Gasteiger partial charge in [-0.1, -0.05) is 0 Å². The standard InChI is InChI=1S/C9H12O5/c1-3-14-7(11)5-9(4-6(9)10)8(12)13-2/h3-5H2,1-2H3. The van der Waals surface area contributed by atoms with Gasteiger partial charge < -0.3 is 9.47 Å². The molecular weight excluding hydrogens is 188 g/mol. The van der Waals surface area contributed by atoms with Gasteiger partial charge in [-0.25, -0.2) is 0 Å². The maximum atomic E-state index is 11.2. The van der Waals surface area contributed by atoms with E-state index in [1.165, 1.54) is 7.11 Å². The summed E-state index contributed by atoms with van der Waals surface area (Å²) in [5, 5.41) is 0. The van der Waals surface area contributed by atoms with Crippen LogP contribution in [0.4, 0.5) is 0 Å². The first-order chi connectivity index (χ1) is 6.56. The number of hydrogen-bond acceptors (Lipinski definition) is 5. The van der Waals surface area contributed by atoms with Gasteiger partial charge in [0.15, 0.2) is 5.78 Å². The Morgan fingerprint density at radius 3 is 2.43 bits per heavy atom. The van der Waals surface area contributed by atoms with Crippen molar-refractivity contribution in [3.8, 4) is 0 Å². The lowest BCUT2D eigenvalue weighted by Gasteiger charge is -2.08. The fourth-order valence-corrected chi connectivity index (χ4v) is 1.30. The molecule has 78 valence electrons. The zero-order valence-corrected chi connectivity index (χ0v) is 8.16. The summed E-state index contributed by atoms with van der Waals surface area (Å²) >= 11 is 0. The number of carbonyl (C=O) groups is 3. The van der Waals surface area contributed by atoms with Crippen LogP contribution in [0.5, 0.6) is 0 Å². The molecule has 0 heterocycles.